The minimum atomic E-state index is -0.582. The second-order valence-corrected chi connectivity index (χ2v) is 8.02. The molecule has 0 spiro atoms. The molecule has 34 heavy (non-hydrogen) atoms. The van der Waals surface area contributed by atoms with Gasteiger partial charge in [-0.2, -0.15) is 4.98 Å². The van der Waals surface area contributed by atoms with E-state index in [1.165, 1.54) is 29.1 Å². The van der Waals surface area contributed by atoms with E-state index in [4.69, 9.17) is 16.1 Å². The number of carbonyl (C=O) groups excluding carboxylic acids is 1. The number of rotatable bonds is 6. The Balaban J connectivity index is 1.55. The lowest BCUT2D eigenvalue weighted by Crippen LogP contribution is -2.25. The molecule has 0 aliphatic rings. The summed E-state index contributed by atoms with van der Waals surface area (Å²) in [5.41, 5.74) is 1.42. The Labute approximate surface area is 196 Å². The number of fused-ring (bicyclic) bond motifs is 3. The number of nitrogens with zero attached hydrogens (tertiary/aromatic N) is 5. The quantitative estimate of drug-likeness (QED) is 0.396. The van der Waals surface area contributed by atoms with Gasteiger partial charge in [-0.1, -0.05) is 41.9 Å². The van der Waals surface area contributed by atoms with Gasteiger partial charge in [-0.25, -0.2) is 9.37 Å². The van der Waals surface area contributed by atoms with Crippen LogP contribution in [0, 0.1) is 5.82 Å². The average molecular weight is 481 g/mol. The number of para-hydroxylation sites is 1. The molecule has 0 saturated carbocycles. The Morgan fingerprint density at radius 3 is 2.82 bits per heavy atom. The first-order valence-electron chi connectivity index (χ1n) is 10.5. The number of aromatic nitrogens is 5. The van der Waals surface area contributed by atoms with Gasteiger partial charge in [0.25, 0.3) is 5.56 Å². The molecule has 0 aliphatic carbocycles. The third-order valence-electron chi connectivity index (χ3n) is 5.37. The first kappa shape index (κ1) is 21.8. The van der Waals surface area contributed by atoms with Gasteiger partial charge < -0.3 is 14.4 Å². The molecule has 0 aliphatic heterocycles. The third-order valence-corrected chi connectivity index (χ3v) is 5.66. The number of halogens is 2. The SMILES string of the molecule is CCc1noc(Cn2cnc3c4ccccc4n(CC(=O)Nc4ccc(F)c(Cl)c4)c3c2=O)n1. The van der Waals surface area contributed by atoms with Crippen LogP contribution in [0.5, 0.6) is 0 Å². The normalized spacial score (nSPS) is 11.4. The minimum absolute atomic E-state index is 0.0522. The molecule has 3 heterocycles. The van der Waals surface area contributed by atoms with Gasteiger partial charge in [0.15, 0.2) is 5.82 Å². The van der Waals surface area contributed by atoms with Crippen molar-refractivity contribution in [3.63, 3.8) is 0 Å². The molecular weight excluding hydrogens is 463 g/mol. The van der Waals surface area contributed by atoms with Crippen LogP contribution in [-0.2, 0) is 24.3 Å². The smallest absolute Gasteiger partial charge is 0.278 e. The summed E-state index contributed by atoms with van der Waals surface area (Å²) in [5, 5.41) is 7.18. The minimum Gasteiger partial charge on any atom is -0.337 e. The number of carbonyl (C=O) groups is 1. The summed E-state index contributed by atoms with van der Waals surface area (Å²) in [5.74, 6) is -0.164. The van der Waals surface area contributed by atoms with E-state index < -0.39 is 11.7 Å². The Bertz CT molecular complexity index is 1610. The highest BCUT2D eigenvalue weighted by Gasteiger charge is 2.19. The predicted molar refractivity (Wildman–Crippen MR) is 124 cm³/mol. The molecule has 1 N–H and O–H groups in total. The van der Waals surface area contributed by atoms with Crippen LogP contribution in [0.1, 0.15) is 18.6 Å². The van der Waals surface area contributed by atoms with Gasteiger partial charge in [-0.3, -0.25) is 14.2 Å². The average Bonchev–Trinajstić information content (AvgIpc) is 3.41. The Hall–Kier alpha value is -4.05. The fourth-order valence-corrected chi connectivity index (χ4v) is 3.97. The molecule has 0 fully saturated rings. The van der Waals surface area contributed by atoms with E-state index in [1.54, 1.807) is 4.57 Å². The van der Waals surface area contributed by atoms with Crippen molar-refractivity contribution in [3.8, 4) is 0 Å². The van der Waals surface area contributed by atoms with Crippen molar-refractivity contribution in [2.75, 3.05) is 5.32 Å². The fourth-order valence-electron chi connectivity index (χ4n) is 3.79. The molecule has 11 heteroatoms. The van der Waals surface area contributed by atoms with E-state index >= 15 is 0 Å². The number of amides is 1. The molecule has 1 amide bonds. The van der Waals surface area contributed by atoms with E-state index in [-0.39, 0.29) is 35.1 Å². The summed E-state index contributed by atoms with van der Waals surface area (Å²) in [6.07, 6.45) is 2.04. The van der Waals surface area contributed by atoms with Crippen LogP contribution in [-0.4, -0.2) is 30.2 Å². The van der Waals surface area contributed by atoms with Crippen LogP contribution in [0.25, 0.3) is 21.9 Å². The number of hydrogen-bond donors (Lipinski definition) is 1. The summed E-state index contributed by atoms with van der Waals surface area (Å²) in [6.45, 7) is 1.79. The molecule has 9 nitrogen and oxygen atoms in total. The largest absolute Gasteiger partial charge is 0.337 e. The maximum atomic E-state index is 13.4. The Morgan fingerprint density at radius 1 is 1.24 bits per heavy atom. The van der Waals surface area contributed by atoms with Crippen molar-refractivity contribution in [1.82, 2.24) is 24.3 Å². The maximum Gasteiger partial charge on any atom is 0.278 e. The zero-order chi connectivity index (χ0) is 23.8. The molecule has 5 rings (SSSR count). The Kier molecular flexibility index (Phi) is 5.58. The zero-order valence-corrected chi connectivity index (χ0v) is 18.7. The van der Waals surface area contributed by atoms with Crippen LogP contribution < -0.4 is 10.9 Å². The van der Waals surface area contributed by atoms with Crippen molar-refractivity contribution in [1.29, 1.82) is 0 Å². The van der Waals surface area contributed by atoms with Gasteiger partial charge in [0.2, 0.25) is 11.8 Å². The molecule has 2 aromatic carbocycles. The van der Waals surface area contributed by atoms with E-state index in [0.717, 1.165) is 5.39 Å². The molecule has 0 radical (unpaired) electrons. The van der Waals surface area contributed by atoms with E-state index in [2.05, 4.69) is 20.4 Å². The molecule has 0 unspecified atom stereocenters. The topological polar surface area (TPSA) is 108 Å². The lowest BCUT2D eigenvalue weighted by atomic mass is 10.2. The van der Waals surface area contributed by atoms with E-state index in [1.807, 2.05) is 31.2 Å². The van der Waals surface area contributed by atoms with Gasteiger partial charge in [0, 0.05) is 17.5 Å². The number of anilines is 1. The lowest BCUT2D eigenvalue weighted by Gasteiger charge is -2.10. The molecular formula is C23H18ClFN6O3. The highest BCUT2D eigenvalue weighted by atomic mass is 35.5. The molecule has 0 saturated heterocycles. The van der Waals surface area contributed by atoms with Crippen LogP contribution >= 0.6 is 11.6 Å². The summed E-state index contributed by atoms with van der Waals surface area (Å²) in [7, 11) is 0. The predicted octanol–water partition coefficient (Wildman–Crippen LogP) is 3.78. The summed E-state index contributed by atoms with van der Waals surface area (Å²) < 4.78 is 21.6. The molecule has 5 aromatic rings. The summed E-state index contributed by atoms with van der Waals surface area (Å²) in [6, 6.07) is 11.2. The fraction of sp³-hybridized carbons (Fsp3) is 0.174. The van der Waals surface area contributed by atoms with Gasteiger partial charge in [0.05, 0.1) is 16.9 Å². The summed E-state index contributed by atoms with van der Waals surface area (Å²) in [4.78, 5) is 35.0. The van der Waals surface area contributed by atoms with Crippen molar-refractivity contribution in [2.24, 2.45) is 0 Å². The second kappa shape index (κ2) is 8.71. The monoisotopic (exact) mass is 480 g/mol. The van der Waals surface area contributed by atoms with Crippen LogP contribution in [0.2, 0.25) is 5.02 Å². The van der Waals surface area contributed by atoms with Crippen LogP contribution in [0.15, 0.2) is 58.1 Å². The lowest BCUT2D eigenvalue weighted by molar-refractivity contribution is -0.116. The molecule has 0 bridgehead atoms. The highest BCUT2D eigenvalue weighted by molar-refractivity contribution is 6.31. The van der Waals surface area contributed by atoms with Gasteiger partial charge in [-0.15, -0.1) is 0 Å². The van der Waals surface area contributed by atoms with Crippen LogP contribution in [0.3, 0.4) is 0 Å². The maximum absolute atomic E-state index is 13.4. The first-order chi connectivity index (χ1) is 16.4. The second-order valence-electron chi connectivity index (χ2n) is 7.61. The van der Waals surface area contributed by atoms with E-state index in [9.17, 15) is 14.0 Å². The first-order valence-corrected chi connectivity index (χ1v) is 10.8. The third kappa shape index (κ3) is 3.92. The van der Waals surface area contributed by atoms with Gasteiger partial charge in [0.1, 0.15) is 29.9 Å². The van der Waals surface area contributed by atoms with Crippen molar-refractivity contribution in [2.45, 2.75) is 26.4 Å². The van der Waals surface area contributed by atoms with Crippen molar-refractivity contribution in [3.05, 3.63) is 81.7 Å². The van der Waals surface area contributed by atoms with Crippen LogP contribution in [0.4, 0.5) is 10.1 Å². The number of hydrogen-bond acceptors (Lipinski definition) is 6. The Morgan fingerprint density at radius 2 is 2.06 bits per heavy atom. The number of aryl methyl sites for hydroxylation is 1. The molecule has 0 atom stereocenters. The molecule has 3 aromatic heterocycles. The van der Waals surface area contributed by atoms with Crippen molar-refractivity contribution >= 4 is 45.1 Å². The number of nitrogens with one attached hydrogen (secondary N) is 1. The molecule has 172 valence electrons. The van der Waals surface area contributed by atoms with Crippen molar-refractivity contribution < 1.29 is 13.7 Å². The zero-order valence-electron chi connectivity index (χ0n) is 18.0. The standard InChI is InChI=1S/C23H18ClFN6O3/c1-2-18-28-20(34-29-18)11-30-12-26-21-14-5-3-4-6-17(14)31(22(21)23(30)33)10-19(32)27-13-7-8-16(25)15(24)9-13/h3-9,12H,2,10-11H2,1H3,(H,27,32). The van der Waals surface area contributed by atoms with Gasteiger partial charge >= 0.3 is 0 Å². The summed E-state index contributed by atoms with van der Waals surface area (Å²) >= 11 is 5.81. The highest BCUT2D eigenvalue weighted by Crippen LogP contribution is 2.26. The van der Waals surface area contributed by atoms with E-state index in [0.29, 0.717) is 29.0 Å². The number of benzene rings is 2. The van der Waals surface area contributed by atoms with Gasteiger partial charge in [-0.05, 0) is 24.3 Å².